The fourth-order valence-corrected chi connectivity index (χ4v) is 8.94. The summed E-state index contributed by atoms with van der Waals surface area (Å²) in [7, 11) is 0. The Labute approximate surface area is 377 Å². The highest BCUT2D eigenvalue weighted by molar-refractivity contribution is 6.05. The fourth-order valence-electron chi connectivity index (χ4n) is 8.94. The number of hydrogen-bond acceptors (Lipinski definition) is 12. The van der Waals surface area contributed by atoms with E-state index in [0.29, 0.717) is 41.5 Å². The molecule has 4 amide bonds. The van der Waals surface area contributed by atoms with E-state index in [4.69, 9.17) is 16.5 Å². The van der Waals surface area contributed by atoms with E-state index in [0.717, 1.165) is 98.1 Å². The third kappa shape index (κ3) is 9.09. The quantitative estimate of drug-likeness (QED) is 0.153. The average Bonchev–Trinajstić information content (AvgIpc) is 3.99. The molecule has 0 spiro atoms. The molecule has 0 saturated carbocycles. The molecule has 334 valence electrons. The second-order valence-electron chi connectivity index (χ2n) is 18.1. The van der Waals surface area contributed by atoms with Crippen LogP contribution in [0.2, 0.25) is 0 Å². The van der Waals surface area contributed by atoms with E-state index in [2.05, 4.69) is 68.9 Å². The average molecular weight is 876 g/mol. The van der Waals surface area contributed by atoms with Crippen LogP contribution < -0.4 is 25.3 Å². The predicted octanol–water partition coefficient (Wildman–Crippen LogP) is 6.03. The van der Waals surface area contributed by atoms with Crippen molar-refractivity contribution in [2.75, 3.05) is 67.1 Å². The molecule has 6 aromatic rings. The minimum Gasteiger partial charge on any atom is -0.372 e. The van der Waals surface area contributed by atoms with Gasteiger partial charge < -0.3 is 15.1 Å². The summed E-state index contributed by atoms with van der Waals surface area (Å²) < 4.78 is 1.72. The maximum atomic E-state index is 13.0. The summed E-state index contributed by atoms with van der Waals surface area (Å²) in [6, 6.07) is 17.5. The van der Waals surface area contributed by atoms with Crippen LogP contribution in [0.25, 0.3) is 32.9 Å². The standard InChI is InChI=1S/C47H53N15O3/c1-30-25-33(7-13-37(30)31(2)51-45(64)44-54-56-62(55-44)47(3,4)5)42-43-38(48-6)27-50-61(43)29-39(52-42)34-8-14-40(49-26-34)59-23-21-57(22-24-59)28-32-15-18-58(19-16-32)35-9-11-36(12-10-35)60-20-17-41(63)53-46(60)65/h7-14,25-27,29,31-32H,15-24,28H2,1-5H3,(H,51,64)(H,53,63,65)/t31-/m1/s1. The zero-order valence-corrected chi connectivity index (χ0v) is 37.4. The molecule has 18 nitrogen and oxygen atoms in total. The number of carbonyl (C=O) groups excluding carboxylic acids is 3. The molecule has 18 heteroatoms. The fraction of sp³-hybridized carbons (Fsp3) is 0.404. The molecule has 2 N–H and O–H groups in total. The summed E-state index contributed by atoms with van der Waals surface area (Å²) >= 11 is 0. The van der Waals surface area contributed by atoms with Crippen molar-refractivity contribution in [3.63, 3.8) is 0 Å². The molecule has 1 atom stereocenters. The number of aromatic nitrogens is 8. The Morgan fingerprint density at radius 1 is 0.923 bits per heavy atom. The van der Waals surface area contributed by atoms with Crippen molar-refractivity contribution in [3.05, 3.63) is 102 Å². The molecule has 9 rings (SSSR count). The molecule has 0 aliphatic carbocycles. The van der Waals surface area contributed by atoms with Gasteiger partial charge in [-0.05, 0) is 112 Å². The zero-order chi connectivity index (χ0) is 45.4. The van der Waals surface area contributed by atoms with E-state index >= 15 is 0 Å². The van der Waals surface area contributed by atoms with Gasteiger partial charge in [0.2, 0.25) is 11.6 Å². The zero-order valence-electron chi connectivity index (χ0n) is 37.4. The molecule has 2 aromatic carbocycles. The number of hydrogen-bond donors (Lipinski definition) is 2. The summed E-state index contributed by atoms with van der Waals surface area (Å²) in [5.74, 6) is 0.948. The normalized spacial score (nSPS) is 17.0. The number of urea groups is 1. The van der Waals surface area contributed by atoms with Gasteiger partial charge in [0.25, 0.3) is 11.7 Å². The Hall–Kier alpha value is -7.26. The number of pyridine rings is 1. The van der Waals surface area contributed by atoms with Crippen LogP contribution >= 0.6 is 0 Å². The third-order valence-electron chi connectivity index (χ3n) is 12.6. The Morgan fingerprint density at radius 2 is 1.66 bits per heavy atom. The second kappa shape index (κ2) is 17.7. The second-order valence-corrected chi connectivity index (χ2v) is 18.1. The van der Waals surface area contributed by atoms with Crippen molar-refractivity contribution in [2.24, 2.45) is 5.92 Å². The summed E-state index contributed by atoms with van der Waals surface area (Å²) in [6.45, 7) is 24.8. The highest BCUT2D eigenvalue weighted by Crippen LogP contribution is 2.35. The number of rotatable bonds is 10. The lowest BCUT2D eigenvalue weighted by atomic mass is 9.95. The third-order valence-corrected chi connectivity index (χ3v) is 12.6. The molecule has 0 radical (unpaired) electrons. The number of tetrazole rings is 1. The molecule has 0 unspecified atom stereocenters. The molecule has 3 fully saturated rings. The van der Waals surface area contributed by atoms with Crippen LogP contribution in [0.3, 0.4) is 0 Å². The van der Waals surface area contributed by atoms with Crippen molar-refractivity contribution in [3.8, 4) is 22.5 Å². The first-order valence-electron chi connectivity index (χ1n) is 22.2. The van der Waals surface area contributed by atoms with E-state index in [1.54, 1.807) is 15.6 Å². The molecule has 7 heterocycles. The molecular weight excluding hydrogens is 823 g/mol. The van der Waals surface area contributed by atoms with Crippen LogP contribution in [0.1, 0.15) is 74.7 Å². The van der Waals surface area contributed by atoms with Crippen LogP contribution in [0, 0.1) is 19.4 Å². The lowest BCUT2D eigenvalue weighted by Crippen LogP contribution is -2.49. The highest BCUT2D eigenvalue weighted by atomic mass is 16.2. The van der Waals surface area contributed by atoms with Crippen LogP contribution in [0.15, 0.2) is 73.2 Å². The van der Waals surface area contributed by atoms with Crippen molar-refractivity contribution in [1.29, 1.82) is 0 Å². The Balaban J connectivity index is 0.809. The molecular formula is C47H53N15O3. The minimum absolute atomic E-state index is 0.0107. The first-order valence-corrected chi connectivity index (χ1v) is 22.2. The van der Waals surface area contributed by atoms with Crippen molar-refractivity contribution in [2.45, 2.75) is 65.5 Å². The van der Waals surface area contributed by atoms with Gasteiger partial charge in [-0.15, -0.1) is 10.2 Å². The van der Waals surface area contributed by atoms with Gasteiger partial charge in [0, 0.05) is 87.5 Å². The van der Waals surface area contributed by atoms with Gasteiger partial charge in [0.15, 0.2) is 0 Å². The number of aryl methyl sites for hydroxylation is 1. The largest absolute Gasteiger partial charge is 0.372 e. The van der Waals surface area contributed by atoms with Gasteiger partial charge in [-0.2, -0.15) is 9.90 Å². The lowest BCUT2D eigenvalue weighted by molar-refractivity contribution is -0.120. The van der Waals surface area contributed by atoms with E-state index in [1.807, 2.05) is 83.4 Å². The molecule has 65 heavy (non-hydrogen) atoms. The maximum Gasteiger partial charge on any atom is 0.328 e. The Morgan fingerprint density at radius 3 is 2.32 bits per heavy atom. The van der Waals surface area contributed by atoms with E-state index < -0.39 is 11.4 Å². The molecule has 0 bridgehead atoms. The van der Waals surface area contributed by atoms with Gasteiger partial charge in [-0.3, -0.25) is 24.7 Å². The van der Waals surface area contributed by atoms with Gasteiger partial charge in [0.05, 0.1) is 47.5 Å². The Bertz CT molecular complexity index is 2770. The van der Waals surface area contributed by atoms with Crippen LogP contribution in [-0.4, -0.2) is 115 Å². The number of amides is 4. The lowest BCUT2D eigenvalue weighted by Gasteiger charge is -2.39. The first-order chi connectivity index (χ1) is 31.3. The number of carbonyl (C=O) groups is 3. The van der Waals surface area contributed by atoms with Crippen LogP contribution in [-0.2, 0) is 10.3 Å². The SMILES string of the molecule is [C-]#[N+]c1cnn2cc(-c3ccc(N4CCN(CC5CCN(c6ccc(N7CCC(=O)NC7=O)cc6)CC5)CC4)nc3)nc(-c3ccc([C@@H](C)NC(=O)c4nnn(C(C)(C)C)n4)c(C)c3)c12. The van der Waals surface area contributed by atoms with Crippen molar-refractivity contribution < 1.29 is 14.4 Å². The molecule has 4 aromatic heterocycles. The topological polar surface area (TPSA) is 179 Å². The number of imide groups is 1. The van der Waals surface area contributed by atoms with E-state index in [9.17, 15) is 14.4 Å². The number of piperazine rings is 1. The maximum absolute atomic E-state index is 13.0. The van der Waals surface area contributed by atoms with Gasteiger partial charge >= 0.3 is 6.03 Å². The van der Waals surface area contributed by atoms with E-state index in [1.165, 1.54) is 4.80 Å². The van der Waals surface area contributed by atoms with Crippen molar-refractivity contribution >= 4 is 46.2 Å². The molecule has 3 aliphatic rings. The molecule has 3 saturated heterocycles. The van der Waals surface area contributed by atoms with Gasteiger partial charge in [0.1, 0.15) is 5.82 Å². The smallest absolute Gasteiger partial charge is 0.328 e. The monoisotopic (exact) mass is 875 g/mol. The van der Waals surface area contributed by atoms with Crippen LogP contribution in [0.4, 0.5) is 27.7 Å². The number of piperidine rings is 1. The van der Waals surface area contributed by atoms with Crippen LogP contribution in [0.5, 0.6) is 0 Å². The number of fused-ring (bicyclic) bond motifs is 1. The summed E-state index contributed by atoms with van der Waals surface area (Å²) in [6.07, 6.45) is 7.85. The highest BCUT2D eigenvalue weighted by Gasteiger charge is 2.28. The molecule has 3 aliphatic heterocycles. The minimum atomic E-state index is -0.409. The number of nitrogens with zero attached hydrogens (tertiary/aromatic N) is 13. The number of anilines is 3. The van der Waals surface area contributed by atoms with E-state index in [-0.39, 0.29) is 23.8 Å². The Kier molecular flexibility index (Phi) is 11.7. The van der Waals surface area contributed by atoms with Crippen molar-refractivity contribution in [1.82, 2.24) is 55.3 Å². The predicted molar refractivity (Wildman–Crippen MR) is 247 cm³/mol. The summed E-state index contributed by atoms with van der Waals surface area (Å²) in [5.41, 5.74) is 7.43. The number of nitrogens with one attached hydrogen (secondary N) is 2. The van der Waals surface area contributed by atoms with Gasteiger partial charge in [-0.25, -0.2) is 24.1 Å². The number of benzene rings is 2. The summed E-state index contributed by atoms with van der Waals surface area (Å²) in [4.78, 5) is 61.0. The summed E-state index contributed by atoms with van der Waals surface area (Å²) in [5, 5.41) is 22.2. The van der Waals surface area contributed by atoms with Gasteiger partial charge in [-0.1, -0.05) is 12.1 Å². The first kappa shape index (κ1) is 43.0.